The Kier molecular flexibility index (Phi) is 4.79. The predicted octanol–water partition coefficient (Wildman–Crippen LogP) is 2.40. The van der Waals surface area contributed by atoms with Gasteiger partial charge in [-0.05, 0) is 24.8 Å². The van der Waals surface area contributed by atoms with E-state index < -0.39 is 10.0 Å². The Morgan fingerprint density at radius 2 is 2.10 bits per heavy atom. The maximum absolute atomic E-state index is 12.5. The van der Waals surface area contributed by atoms with E-state index in [2.05, 4.69) is 9.82 Å². The minimum absolute atomic E-state index is 0.00635. The fourth-order valence-corrected chi connectivity index (χ4v) is 3.67. The molecule has 0 aliphatic carbocycles. The number of hydrogen-bond acceptors (Lipinski definition) is 5. The SMILES string of the molecule is CCCn1cc(S(=O)(=O)Nc2ccccc2SC)c(N)n1. The third kappa shape index (κ3) is 3.51. The Morgan fingerprint density at radius 3 is 2.76 bits per heavy atom. The van der Waals surface area contributed by atoms with Gasteiger partial charge in [0.2, 0.25) is 0 Å². The molecule has 0 fully saturated rings. The molecule has 3 N–H and O–H groups in total. The van der Waals surface area contributed by atoms with Crippen LogP contribution in [0.4, 0.5) is 11.5 Å². The van der Waals surface area contributed by atoms with E-state index in [0.29, 0.717) is 12.2 Å². The largest absolute Gasteiger partial charge is 0.381 e. The van der Waals surface area contributed by atoms with Crippen LogP contribution in [0, 0.1) is 0 Å². The first-order valence-electron chi connectivity index (χ1n) is 6.46. The number of nitrogens with two attached hydrogens (primary N) is 1. The number of anilines is 2. The summed E-state index contributed by atoms with van der Waals surface area (Å²) in [5.41, 5.74) is 6.26. The zero-order valence-electron chi connectivity index (χ0n) is 11.9. The molecule has 0 aliphatic heterocycles. The number of thioether (sulfide) groups is 1. The zero-order valence-corrected chi connectivity index (χ0v) is 13.5. The number of aromatic nitrogens is 2. The number of aryl methyl sites for hydroxylation is 1. The van der Waals surface area contributed by atoms with Crippen LogP contribution < -0.4 is 10.5 Å². The van der Waals surface area contributed by atoms with Crippen LogP contribution in [0.25, 0.3) is 0 Å². The lowest BCUT2D eigenvalue weighted by atomic mass is 10.3. The second kappa shape index (κ2) is 6.40. The summed E-state index contributed by atoms with van der Waals surface area (Å²) < 4.78 is 29.0. The van der Waals surface area contributed by atoms with Crippen LogP contribution in [-0.2, 0) is 16.6 Å². The monoisotopic (exact) mass is 326 g/mol. The molecule has 2 aromatic rings. The molecule has 114 valence electrons. The quantitative estimate of drug-likeness (QED) is 0.796. The first-order valence-corrected chi connectivity index (χ1v) is 9.17. The molecule has 21 heavy (non-hydrogen) atoms. The molecule has 1 aromatic carbocycles. The lowest BCUT2D eigenvalue weighted by Gasteiger charge is -2.10. The van der Waals surface area contributed by atoms with E-state index in [1.165, 1.54) is 18.0 Å². The van der Waals surface area contributed by atoms with Crippen molar-refractivity contribution in [3.63, 3.8) is 0 Å². The fraction of sp³-hybridized carbons (Fsp3) is 0.308. The number of nitrogen functional groups attached to an aromatic ring is 1. The molecule has 6 nitrogen and oxygen atoms in total. The second-order valence-corrected chi connectivity index (χ2v) is 6.95. The highest BCUT2D eigenvalue weighted by molar-refractivity contribution is 7.99. The minimum Gasteiger partial charge on any atom is -0.381 e. The summed E-state index contributed by atoms with van der Waals surface area (Å²) >= 11 is 1.47. The first-order chi connectivity index (χ1) is 9.97. The average molecular weight is 326 g/mol. The van der Waals surface area contributed by atoms with Crippen LogP contribution >= 0.6 is 11.8 Å². The van der Waals surface area contributed by atoms with Gasteiger partial charge in [0.15, 0.2) is 5.82 Å². The van der Waals surface area contributed by atoms with E-state index in [-0.39, 0.29) is 10.7 Å². The molecule has 0 amide bonds. The summed E-state index contributed by atoms with van der Waals surface area (Å²) in [6, 6.07) is 7.21. The summed E-state index contributed by atoms with van der Waals surface area (Å²) in [5.74, 6) is 0.0117. The lowest BCUT2D eigenvalue weighted by molar-refractivity contribution is 0.595. The third-order valence-electron chi connectivity index (χ3n) is 2.85. The summed E-state index contributed by atoms with van der Waals surface area (Å²) in [5, 5.41) is 4.02. The van der Waals surface area contributed by atoms with E-state index in [9.17, 15) is 8.42 Å². The Labute approximate surface area is 128 Å². The topological polar surface area (TPSA) is 90.0 Å². The van der Waals surface area contributed by atoms with Crippen molar-refractivity contribution < 1.29 is 8.42 Å². The van der Waals surface area contributed by atoms with Gasteiger partial charge in [-0.2, -0.15) is 5.10 Å². The highest BCUT2D eigenvalue weighted by Gasteiger charge is 2.22. The smallest absolute Gasteiger partial charge is 0.267 e. The van der Waals surface area contributed by atoms with Crippen LogP contribution in [0.2, 0.25) is 0 Å². The fourth-order valence-electron chi connectivity index (χ4n) is 1.90. The van der Waals surface area contributed by atoms with Crippen molar-refractivity contribution in [2.24, 2.45) is 0 Å². The second-order valence-electron chi connectivity index (χ2n) is 4.45. The molecule has 1 aromatic heterocycles. The molecule has 1 heterocycles. The van der Waals surface area contributed by atoms with Crippen molar-refractivity contribution in [1.29, 1.82) is 0 Å². The summed E-state index contributed by atoms with van der Waals surface area (Å²) in [6.07, 6.45) is 4.20. The molecule has 8 heteroatoms. The Bertz CT molecular complexity index is 726. The highest BCUT2D eigenvalue weighted by Crippen LogP contribution is 2.28. The number of nitrogens with zero attached hydrogens (tertiary/aromatic N) is 2. The Balaban J connectivity index is 2.34. The van der Waals surface area contributed by atoms with Crippen LogP contribution in [-0.4, -0.2) is 24.5 Å². The van der Waals surface area contributed by atoms with Gasteiger partial charge in [-0.3, -0.25) is 9.40 Å². The molecule has 0 aliphatic rings. The first kappa shape index (κ1) is 15.7. The number of sulfonamides is 1. The van der Waals surface area contributed by atoms with Crippen LogP contribution in [0.1, 0.15) is 13.3 Å². The summed E-state index contributed by atoms with van der Waals surface area (Å²) in [7, 11) is -3.75. The number of para-hydroxylation sites is 1. The molecule has 0 bridgehead atoms. The van der Waals surface area contributed by atoms with Gasteiger partial charge in [-0.1, -0.05) is 19.1 Å². The Hall–Kier alpha value is -1.67. The predicted molar refractivity (Wildman–Crippen MR) is 86.0 cm³/mol. The van der Waals surface area contributed by atoms with Crippen LogP contribution in [0.5, 0.6) is 0 Å². The zero-order chi connectivity index (χ0) is 15.5. The molecular weight excluding hydrogens is 308 g/mol. The van der Waals surface area contributed by atoms with E-state index in [4.69, 9.17) is 5.73 Å². The average Bonchev–Trinajstić information content (AvgIpc) is 2.81. The number of nitrogens with one attached hydrogen (secondary N) is 1. The normalized spacial score (nSPS) is 11.5. The van der Waals surface area contributed by atoms with Crippen molar-refractivity contribution in [3.8, 4) is 0 Å². The molecule has 0 unspecified atom stereocenters. The summed E-state index contributed by atoms with van der Waals surface area (Å²) in [6.45, 7) is 2.61. The van der Waals surface area contributed by atoms with E-state index >= 15 is 0 Å². The molecule has 0 spiro atoms. The maximum atomic E-state index is 12.5. The molecule has 2 rings (SSSR count). The van der Waals surface area contributed by atoms with Gasteiger partial charge in [-0.25, -0.2) is 8.42 Å². The van der Waals surface area contributed by atoms with E-state index in [1.807, 2.05) is 25.3 Å². The van der Waals surface area contributed by atoms with Crippen molar-refractivity contribution in [2.75, 3.05) is 16.7 Å². The summed E-state index contributed by atoms with van der Waals surface area (Å²) in [4.78, 5) is 0.854. The van der Waals surface area contributed by atoms with Gasteiger partial charge in [0, 0.05) is 17.6 Å². The number of benzene rings is 1. The van der Waals surface area contributed by atoms with E-state index in [0.717, 1.165) is 11.3 Å². The highest BCUT2D eigenvalue weighted by atomic mass is 32.2. The van der Waals surface area contributed by atoms with Crippen LogP contribution in [0.3, 0.4) is 0 Å². The van der Waals surface area contributed by atoms with E-state index in [1.54, 1.807) is 16.8 Å². The Morgan fingerprint density at radius 1 is 1.38 bits per heavy atom. The van der Waals surface area contributed by atoms with Gasteiger partial charge in [0.05, 0.1) is 5.69 Å². The molecule has 0 saturated carbocycles. The van der Waals surface area contributed by atoms with Gasteiger partial charge in [-0.15, -0.1) is 11.8 Å². The van der Waals surface area contributed by atoms with Crippen molar-refractivity contribution in [2.45, 2.75) is 29.7 Å². The van der Waals surface area contributed by atoms with Gasteiger partial charge >= 0.3 is 0 Å². The van der Waals surface area contributed by atoms with Gasteiger partial charge in [0.25, 0.3) is 10.0 Å². The molecule has 0 atom stereocenters. The molecule has 0 radical (unpaired) electrons. The standard InChI is InChI=1S/C13H18N4O2S2/c1-3-8-17-9-12(13(14)15-17)21(18,19)16-10-6-4-5-7-11(10)20-2/h4-7,9,16H,3,8H2,1-2H3,(H2,14,15). The van der Waals surface area contributed by atoms with Gasteiger partial charge < -0.3 is 5.73 Å². The minimum atomic E-state index is -3.75. The maximum Gasteiger partial charge on any atom is 0.267 e. The van der Waals surface area contributed by atoms with Crippen LogP contribution in [0.15, 0.2) is 40.3 Å². The van der Waals surface area contributed by atoms with Crippen molar-refractivity contribution in [3.05, 3.63) is 30.5 Å². The van der Waals surface area contributed by atoms with Crippen molar-refractivity contribution >= 4 is 33.3 Å². The molecular formula is C13H18N4O2S2. The van der Waals surface area contributed by atoms with Crippen molar-refractivity contribution in [1.82, 2.24) is 9.78 Å². The number of rotatable bonds is 6. The third-order valence-corrected chi connectivity index (χ3v) is 5.03. The molecule has 0 saturated heterocycles. The number of hydrogen-bond donors (Lipinski definition) is 2. The lowest BCUT2D eigenvalue weighted by Crippen LogP contribution is -2.14. The van der Waals surface area contributed by atoms with Gasteiger partial charge in [0.1, 0.15) is 4.90 Å².